The van der Waals surface area contributed by atoms with Gasteiger partial charge in [0, 0.05) is 23.5 Å². The van der Waals surface area contributed by atoms with Crippen molar-refractivity contribution in [1.29, 1.82) is 0 Å². The van der Waals surface area contributed by atoms with Crippen LogP contribution in [0.25, 0.3) is 10.9 Å². The topological polar surface area (TPSA) is 106 Å². The Morgan fingerprint density at radius 3 is 2.46 bits per heavy atom. The minimum absolute atomic E-state index is 0.218. The molecular formula is C20H32N3O4P. The third-order valence-electron chi connectivity index (χ3n) is 4.46. The SMILES string of the molecule is CCOP(=O)(OCC)[C@H](Cc1c[nH]c2ccccc12)NC(=O)[C@@H](N)CC(C)C. The van der Waals surface area contributed by atoms with Gasteiger partial charge in [0.05, 0.1) is 19.3 Å². The number of carbonyl (C=O) groups excluding carboxylic acids is 1. The van der Waals surface area contributed by atoms with E-state index in [9.17, 15) is 9.36 Å². The van der Waals surface area contributed by atoms with Crippen LogP contribution in [0, 0.1) is 5.92 Å². The molecule has 1 heterocycles. The first-order chi connectivity index (χ1) is 13.3. The molecule has 0 aliphatic heterocycles. The van der Waals surface area contributed by atoms with E-state index in [4.69, 9.17) is 14.8 Å². The van der Waals surface area contributed by atoms with Crippen molar-refractivity contribution in [3.63, 3.8) is 0 Å². The van der Waals surface area contributed by atoms with Crippen LogP contribution in [-0.4, -0.2) is 35.9 Å². The van der Waals surface area contributed by atoms with Gasteiger partial charge in [-0.05, 0) is 37.8 Å². The van der Waals surface area contributed by atoms with Crippen molar-refractivity contribution >= 4 is 24.4 Å². The highest BCUT2D eigenvalue weighted by Crippen LogP contribution is 2.53. The Morgan fingerprint density at radius 2 is 1.86 bits per heavy atom. The van der Waals surface area contributed by atoms with E-state index in [1.54, 1.807) is 13.8 Å². The zero-order chi connectivity index (χ0) is 20.7. The van der Waals surface area contributed by atoms with Gasteiger partial charge in [-0.15, -0.1) is 0 Å². The summed E-state index contributed by atoms with van der Waals surface area (Å²) in [5.41, 5.74) is 7.93. The Balaban J connectivity index is 2.32. The van der Waals surface area contributed by atoms with Gasteiger partial charge in [0.2, 0.25) is 5.91 Å². The Kier molecular flexibility index (Phi) is 8.25. The first kappa shape index (κ1) is 22.6. The van der Waals surface area contributed by atoms with Gasteiger partial charge >= 0.3 is 7.60 Å². The molecular weight excluding hydrogens is 377 g/mol. The maximum absolute atomic E-state index is 13.4. The highest BCUT2D eigenvalue weighted by molar-refractivity contribution is 7.54. The van der Waals surface area contributed by atoms with Crippen molar-refractivity contribution in [3.05, 3.63) is 36.0 Å². The number of aromatic nitrogens is 1. The van der Waals surface area contributed by atoms with Crippen molar-refractivity contribution in [2.75, 3.05) is 13.2 Å². The highest BCUT2D eigenvalue weighted by atomic mass is 31.2. The van der Waals surface area contributed by atoms with E-state index in [1.165, 1.54) is 0 Å². The van der Waals surface area contributed by atoms with Gasteiger partial charge in [-0.2, -0.15) is 0 Å². The molecule has 0 bridgehead atoms. The molecule has 156 valence electrons. The molecule has 2 atom stereocenters. The number of nitrogens with one attached hydrogen (secondary N) is 2. The van der Waals surface area contributed by atoms with Gasteiger partial charge in [-0.1, -0.05) is 32.0 Å². The Bertz CT molecular complexity index is 811. The zero-order valence-corrected chi connectivity index (χ0v) is 18.0. The summed E-state index contributed by atoms with van der Waals surface area (Å²) in [5, 5.41) is 3.85. The molecule has 0 aliphatic rings. The number of nitrogens with two attached hydrogens (primary N) is 1. The van der Waals surface area contributed by atoms with Gasteiger partial charge in [0.1, 0.15) is 5.78 Å². The monoisotopic (exact) mass is 409 g/mol. The summed E-state index contributed by atoms with van der Waals surface area (Å²) in [6.45, 7) is 7.94. The zero-order valence-electron chi connectivity index (χ0n) is 17.1. The van der Waals surface area contributed by atoms with E-state index >= 15 is 0 Å². The minimum Gasteiger partial charge on any atom is -0.361 e. The van der Waals surface area contributed by atoms with Crippen LogP contribution in [-0.2, 0) is 24.8 Å². The minimum atomic E-state index is -3.58. The third kappa shape index (κ3) is 5.67. The number of benzene rings is 1. The summed E-state index contributed by atoms with van der Waals surface area (Å²) in [6.07, 6.45) is 2.71. The van der Waals surface area contributed by atoms with Crippen LogP contribution in [0.4, 0.5) is 0 Å². The summed E-state index contributed by atoms with van der Waals surface area (Å²) in [4.78, 5) is 15.9. The van der Waals surface area contributed by atoms with Crippen molar-refractivity contribution < 1.29 is 18.4 Å². The molecule has 4 N–H and O–H groups in total. The molecule has 1 aromatic heterocycles. The normalized spacial score (nSPS) is 14.4. The fourth-order valence-corrected chi connectivity index (χ4v) is 5.07. The summed E-state index contributed by atoms with van der Waals surface area (Å²) in [7, 11) is -3.58. The Labute approximate surface area is 166 Å². The molecule has 0 saturated heterocycles. The largest absolute Gasteiger partial charge is 0.361 e. The average molecular weight is 409 g/mol. The fraction of sp³-hybridized carbons (Fsp3) is 0.550. The lowest BCUT2D eigenvalue weighted by Gasteiger charge is -2.28. The molecule has 0 saturated carbocycles. The summed E-state index contributed by atoms with van der Waals surface area (Å²) < 4.78 is 24.5. The maximum atomic E-state index is 13.4. The number of hydrogen-bond donors (Lipinski definition) is 3. The van der Waals surface area contributed by atoms with E-state index in [1.807, 2.05) is 44.3 Å². The van der Waals surface area contributed by atoms with E-state index in [2.05, 4.69) is 10.3 Å². The molecule has 7 nitrogen and oxygen atoms in total. The summed E-state index contributed by atoms with van der Waals surface area (Å²) >= 11 is 0. The number of carbonyl (C=O) groups is 1. The van der Waals surface area contributed by atoms with Crippen molar-refractivity contribution in [2.24, 2.45) is 11.7 Å². The number of para-hydroxylation sites is 1. The lowest BCUT2D eigenvalue weighted by atomic mass is 10.0. The van der Waals surface area contributed by atoms with Crippen LogP contribution in [0.5, 0.6) is 0 Å². The maximum Gasteiger partial charge on any atom is 0.353 e. The Hall–Kier alpha value is -1.66. The molecule has 2 rings (SSSR count). The lowest BCUT2D eigenvalue weighted by molar-refractivity contribution is -0.123. The van der Waals surface area contributed by atoms with Crippen molar-refractivity contribution in [2.45, 2.75) is 52.4 Å². The predicted octanol–water partition coefficient (Wildman–Crippen LogP) is 3.79. The molecule has 0 aliphatic carbocycles. The Morgan fingerprint density at radius 1 is 1.21 bits per heavy atom. The number of fused-ring (bicyclic) bond motifs is 1. The summed E-state index contributed by atoms with van der Waals surface area (Å²) in [6, 6.07) is 7.16. The fourth-order valence-electron chi connectivity index (χ4n) is 3.21. The first-order valence-electron chi connectivity index (χ1n) is 9.80. The third-order valence-corrected chi connectivity index (χ3v) is 6.77. The molecule has 2 aromatic rings. The number of rotatable bonds is 11. The molecule has 0 fully saturated rings. The second kappa shape index (κ2) is 10.2. The second-order valence-electron chi connectivity index (χ2n) is 7.20. The van der Waals surface area contributed by atoms with Crippen LogP contribution in [0.15, 0.2) is 30.5 Å². The number of hydrogen-bond acceptors (Lipinski definition) is 5. The average Bonchev–Trinajstić information content (AvgIpc) is 3.04. The van der Waals surface area contributed by atoms with Crippen LogP contribution in [0.2, 0.25) is 0 Å². The van der Waals surface area contributed by atoms with E-state index in [-0.39, 0.29) is 25.0 Å². The molecule has 0 unspecified atom stereocenters. The van der Waals surface area contributed by atoms with Crippen LogP contribution >= 0.6 is 7.60 Å². The van der Waals surface area contributed by atoms with Gasteiger partial charge in [-0.25, -0.2) is 0 Å². The number of amides is 1. The van der Waals surface area contributed by atoms with Gasteiger partial charge < -0.3 is 25.1 Å². The van der Waals surface area contributed by atoms with Crippen molar-refractivity contribution in [3.8, 4) is 0 Å². The predicted molar refractivity (Wildman–Crippen MR) is 112 cm³/mol. The second-order valence-corrected chi connectivity index (χ2v) is 9.42. The van der Waals surface area contributed by atoms with Crippen LogP contribution < -0.4 is 11.1 Å². The molecule has 1 aromatic carbocycles. The van der Waals surface area contributed by atoms with E-state index in [0.29, 0.717) is 12.8 Å². The molecule has 8 heteroatoms. The standard InChI is InChI=1S/C20H32N3O4P/c1-5-26-28(25,27-6-2)19(23-20(24)17(21)11-14(3)4)12-15-13-22-18-10-8-7-9-16(15)18/h7-10,13-14,17,19,22H,5-6,11-12,21H2,1-4H3,(H,23,24)/t17-,19+/m0/s1. The molecule has 28 heavy (non-hydrogen) atoms. The number of aromatic amines is 1. The van der Waals surface area contributed by atoms with Crippen LogP contribution in [0.1, 0.15) is 39.7 Å². The quantitative estimate of drug-likeness (QED) is 0.490. The van der Waals surface area contributed by atoms with E-state index in [0.717, 1.165) is 16.5 Å². The van der Waals surface area contributed by atoms with Gasteiger partial charge in [0.25, 0.3) is 0 Å². The molecule has 0 spiro atoms. The number of H-pyrrole nitrogens is 1. The van der Waals surface area contributed by atoms with Gasteiger partial charge in [-0.3, -0.25) is 9.36 Å². The van der Waals surface area contributed by atoms with Crippen molar-refractivity contribution in [1.82, 2.24) is 10.3 Å². The highest BCUT2D eigenvalue weighted by Gasteiger charge is 2.38. The lowest BCUT2D eigenvalue weighted by Crippen LogP contribution is -2.47. The van der Waals surface area contributed by atoms with Crippen LogP contribution in [0.3, 0.4) is 0 Å². The first-order valence-corrected chi connectivity index (χ1v) is 11.4. The van der Waals surface area contributed by atoms with E-state index < -0.39 is 19.4 Å². The summed E-state index contributed by atoms with van der Waals surface area (Å²) in [5.74, 6) is -0.895. The molecule has 0 radical (unpaired) electrons. The smallest absolute Gasteiger partial charge is 0.353 e. The van der Waals surface area contributed by atoms with Gasteiger partial charge in [0.15, 0.2) is 0 Å². The molecule has 1 amide bonds.